The van der Waals surface area contributed by atoms with E-state index in [1.165, 1.54) is 12.1 Å². The maximum Gasteiger partial charge on any atom is 0.123 e. The van der Waals surface area contributed by atoms with Crippen molar-refractivity contribution < 1.29 is 4.39 Å². The molecule has 0 spiro atoms. The molecule has 0 saturated carbocycles. The van der Waals surface area contributed by atoms with E-state index in [9.17, 15) is 4.39 Å². The number of nitrogens with zero attached hydrogens (tertiary/aromatic N) is 1. The van der Waals surface area contributed by atoms with Crippen molar-refractivity contribution in [2.45, 2.75) is 12.5 Å². The predicted molar refractivity (Wildman–Crippen MR) is 56.5 cm³/mol. The van der Waals surface area contributed by atoms with Crippen LogP contribution in [0.5, 0.6) is 0 Å². The van der Waals surface area contributed by atoms with Crippen molar-refractivity contribution >= 4 is 0 Å². The van der Waals surface area contributed by atoms with Crippen molar-refractivity contribution in [3.8, 4) is 0 Å². The van der Waals surface area contributed by atoms with Gasteiger partial charge in [0.15, 0.2) is 0 Å². The standard InChI is InChI=1S/C11H17FN2/c1-14(2)11(7-8-13)9-3-5-10(12)6-4-9/h3-6,11H,7-8,13H2,1-2H3/t11-/m0/s1. The van der Waals surface area contributed by atoms with Gasteiger partial charge >= 0.3 is 0 Å². The number of benzene rings is 1. The highest BCUT2D eigenvalue weighted by Crippen LogP contribution is 2.21. The molecule has 78 valence electrons. The molecule has 0 saturated heterocycles. The summed E-state index contributed by atoms with van der Waals surface area (Å²) in [5.41, 5.74) is 6.65. The summed E-state index contributed by atoms with van der Waals surface area (Å²) in [5, 5.41) is 0. The molecule has 1 rings (SSSR count). The predicted octanol–water partition coefficient (Wildman–Crippen LogP) is 1.78. The number of rotatable bonds is 4. The first-order chi connectivity index (χ1) is 6.65. The van der Waals surface area contributed by atoms with E-state index in [1.807, 2.05) is 26.2 Å². The Morgan fingerprint density at radius 2 is 1.86 bits per heavy atom. The Hall–Kier alpha value is -0.930. The van der Waals surface area contributed by atoms with E-state index in [2.05, 4.69) is 4.90 Å². The maximum absolute atomic E-state index is 12.7. The molecular weight excluding hydrogens is 179 g/mol. The third kappa shape index (κ3) is 2.79. The molecular formula is C11H17FN2. The zero-order valence-electron chi connectivity index (χ0n) is 8.70. The molecule has 0 aliphatic carbocycles. The summed E-state index contributed by atoms with van der Waals surface area (Å²) >= 11 is 0. The zero-order valence-corrected chi connectivity index (χ0v) is 8.70. The topological polar surface area (TPSA) is 29.3 Å². The third-order valence-electron chi connectivity index (χ3n) is 2.32. The van der Waals surface area contributed by atoms with Crippen LogP contribution in [0.15, 0.2) is 24.3 Å². The van der Waals surface area contributed by atoms with Crippen molar-refractivity contribution in [2.75, 3.05) is 20.6 Å². The van der Waals surface area contributed by atoms with Crippen LogP contribution < -0.4 is 5.73 Å². The zero-order chi connectivity index (χ0) is 10.6. The molecule has 0 aliphatic rings. The van der Waals surface area contributed by atoms with Crippen LogP contribution in [-0.4, -0.2) is 25.5 Å². The molecule has 2 nitrogen and oxygen atoms in total. The van der Waals surface area contributed by atoms with E-state index >= 15 is 0 Å². The molecule has 1 aromatic rings. The largest absolute Gasteiger partial charge is 0.330 e. The highest BCUT2D eigenvalue weighted by molar-refractivity contribution is 5.19. The average Bonchev–Trinajstić information content (AvgIpc) is 2.15. The molecule has 0 heterocycles. The van der Waals surface area contributed by atoms with Crippen LogP contribution in [0.2, 0.25) is 0 Å². The first-order valence-corrected chi connectivity index (χ1v) is 4.77. The van der Waals surface area contributed by atoms with Gasteiger partial charge in [0.1, 0.15) is 5.82 Å². The highest BCUT2D eigenvalue weighted by Gasteiger charge is 2.12. The quantitative estimate of drug-likeness (QED) is 0.795. The SMILES string of the molecule is CN(C)[C@@H](CCN)c1ccc(F)cc1. The molecule has 0 aromatic heterocycles. The van der Waals surface area contributed by atoms with Gasteiger partial charge in [0, 0.05) is 6.04 Å². The minimum absolute atomic E-state index is 0.195. The van der Waals surface area contributed by atoms with E-state index in [4.69, 9.17) is 5.73 Å². The van der Waals surface area contributed by atoms with Crippen molar-refractivity contribution in [3.63, 3.8) is 0 Å². The van der Waals surface area contributed by atoms with Gasteiger partial charge in [-0.05, 0) is 44.8 Å². The summed E-state index contributed by atoms with van der Waals surface area (Å²) < 4.78 is 12.7. The number of hydrogen-bond donors (Lipinski definition) is 1. The smallest absolute Gasteiger partial charge is 0.123 e. The van der Waals surface area contributed by atoms with Gasteiger partial charge in [0.2, 0.25) is 0 Å². The minimum Gasteiger partial charge on any atom is -0.330 e. The molecule has 1 atom stereocenters. The first kappa shape index (κ1) is 11.1. The first-order valence-electron chi connectivity index (χ1n) is 4.77. The second-order valence-electron chi connectivity index (χ2n) is 3.61. The van der Waals surface area contributed by atoms with Gasteiger partial charge in [-0.2, -0.15) is 0 Å². The van der Waals surface area contributed by atoms with Crippen LogP contribution >= 0.6 is 0 Å². The van der Waals surface area contributed by atoms with Gasteiger partial charge in [0.25, 0.3) is 0 Å². The fourth-order valence-corrected chi connectivity index (χ4v) is 1.57. The van der Waals surface area contributed by atoms with Gasteiger partial charge in [-0.1, -0.05) is 12.1 Å². The summed E-state index contributed by atoms with van der Waals surface area (Å²) in [6.07, 6.45) is 0.888. The molecule has 0 fully saturated rings. The lowest BCUT2D eigenvalue weighted by molar-refractivity contribution is 0.287. The van der Waals surface area contributed by atoms with Crippen LogP contribution in [0.4, 0.5) is 4.39 Å². The van der Waals surface area contributed by atoms with Crippen LogP contribution in [-0.2, 0) is 0 Å². The van der Waals surface area contributed by atoms with Gasteiger partial charge in [0.05, 0.1) is 0 Å². The molecule has 0 aliphatic heterocycles. The second-order valence-corrected chi connectivity index (χ2v) is 3.61. The minimum atomic E-state index is -0.195. The summed E-state index contributed by atoms with van der Waals surface area (Å²) in [5.74, 6) is -0.195. The van der Waals surface area contributed by atoms with E-state index < -0.39 is 0 Å². The fourth-order valence-electron chi connectivity index (χ4n) is 1.57. The lowest BCUT2D eigenvalue weighted by atomic mass is 10.0. The van der Waals surface area contributed by atoms with Crippen LogP contribution in [0.25, 0.3) is 0 Å². The maximum atomic E-state index is 12.7. The van der Waals surface area contributed by atoms with Crippen molar-refractivity contribution in [1.82, 2.24) is 4.90 Å². The third-order valence-corrected chi connectivity index (χ3v) is 2.32. The lowest BCUT2D eigenvalue weighted by Gasteiger charge is -2.24. The van der Waals surface area contributed by atoms with Crippen molar-refractivity contribution in [3.05, 3.63) is 35.6 Å². The summed E-state index contributed by atoms with van der Waals surface area (Å²) in [6.45, 7) is 0.639. The number of hydrogen-bond acceptors (Lipinski definition) is 2. The van der Waals surface area contributed by atoms with Crippen LogP contribution in [0.3, 0.4) is 0 Å². The van der Waals surface area contributed by atoms with E-state index in [1.54, 1.807) is 0 Å². The van der Waals surface area contributed by atoms with E-state index in [-0.39, 0.29) is 11.9 Å². The lowest BCUT2D eigenvalue weighted by Crippen LogP contribution is -2.22. The Balaban J connectivity index is 2.82. The van der Waals surface area contributed by atoms with Gasteiger partial charge in [-0.3, -0.25) is 0 Å². The molecule has 14 heavy (non-hydrogen) atoms. The Bertz CT molecular complexity index is 269. The van der Waals surface area contributed by atoms with Gasteiger partial charge < -0.3 is 10.6 Å². The molecule has 0 bridgehead atoms. The summed E-state index contributed by atoms with van der Waals surface area (Å²) in [4.78, 5) is 2.10. The van der Waals surface area contributed by atoms with E-state index in [0.717, 1.165) is 12.0 Å². The fraction of sp³-hybridized carbons (Fsp3) is 0.455. The van der Waals surface area contributed by atoms with Crippen LogP contribution in [0, 0.1) is 5.82 Å². The Morgan fingerprint density at radius 3 is 2.29 bits per heavy atom. The molecule has 0 unspecified atom stereocenters. The Kier molecular flexibility index (Phi) is 4.04. The molecule has 0 amide bonds. The normalized spacial score (nSPS) is 13.2. The van der Waals surface area contributed by atoms with Crippen LogP contribution in [0.1, 0.15) is 18.0 Å². The van der Waals surface area contributed by atoms with E-state index in [0.29, 0.717) is 6.54 Å². The second kappa shape index (κ2) is 5.08. The number of halogens is 1. The highest BCUT2D eigenvalue weighted by atomic mass is 19.1. The van der Waals surface area contributed by atoms with Gasteiger partial charge in [-0.15, -0.1) is 0 Å². The van der Waals surface area contributed by atoms with Crippen molar-refractivity contribution in [2.24, 2.45) is 5.73 Å². The monoisotopic (exact) mass is 196 g/mol. The molecule has 1 aromatic carbocycles. The molecule has 3 heteroatoms. The Morgan fingerprint density at radius 1 is 1.29 bits per heavy atom. The summed E-state index contributed by atoms with van der Waals surface area (Å²) in [7, 11) is 4.01. The Labute approximate surface area is 84.5 Å². The molecule has 2 N–H and O–H groups in total. The summed E-state index contributed by atoms with van der Waals surface area (Å²) in [6, 6.07) is 6.89. The van der Waals surface area contributed by atoms with Gasteiger partial charge in [-0.25, -0.2) is 4.39 Å². The number of nitrogens with two attached hydrogens (primary N) is 1. The molecule has 0 radical (unpaired) electrons. The average molecular weight is 196 g/mol. The van der Waals surface area contributed by atoms with Crippen molar-refractivity contribution in [1.29, 1.82) is 0 Å².